The summed E-state index contributed by atoms with van der Waals surface area (Å²) in [6.45, 7) is 7.01. The molecule has 0 spiro atoms. The van der Waals surface area contributed by atoms with Crippen molar-refractivity contribution in [2.45, 2.75) is 46.5 Å². The zero-order valence-electron chi connectivity index (χ0n) is 10.3. The van der Waals surface area contributed by atoms with E-state index >= 15 is 0 Å². The second kappa shape index (κ2) is 6.66. The average molecular weight is 203 g/mol. The van der Waals surface area contributed by atoms with E-state index in [1.54, 1.807) is 0 Å². The molecule has 0 heteroatoms. The van der Waals surface area contributed by atoms with Gasteiger partial charge in [-0.25, -0.2) is 0 Å². The molecular formula is C15H23. The van der Waals surface area contributed by atoms with Crippen LogP contribution in [0.3, 0.4) is 0 Å². The van der Waals surface area contributed by atoms with E-state index in [4.69, 9.17) is 0 Å². The van der Waals surface area contributed by atoms with Crippen LogP contribution < -0.4 is 0 Å². The summed E-state index contributed by atoms with van der Waals surface area (Å²) < 4.78 is 0. The van der Waals surface area contributed by atoms with Gasteiger partial charge >= 0.3 is 0 Å². The zero-order valence-corrected chi connectivity index (χ0v) is 10.3. The van der Waals surface area contributed by atoms with Crippen LogP contribution in [-0.4, -0.2) is 0 Å². The molecule has 0 nitrogen and oxygen atoms in total. The predicted molar refractivity (Wildman–Crippen MR) is 66.8 cm³/mol. The van der Waals surface area contributed by atoms with Crippen LogP contribution in [0.15, 0.2) is 24.3 Å². The second-order valence-electron chi connectivity index (χ2n) is 4.85. The number of rotatable bonds is 6. The van der Waals surface area contributed by atoms with E-state index in [-0.39, 0.29) is 0 Å². The van der Waals surface area contributed by atoms with Crippen LogP contribution in [0.25, 0.3) is 0 Å². The monoisotopic (exact) mass is 203 g/mol. The van der Waals surface area contributed by atoms with Gasteiger partial charge < -0.3 is 0 Å². The van der Waals surface area contributed by atoms with Gasteiger partial charge in [0, 0.05) is 0 Å². The van der Waals surface area contributed by atoms with Crippen molar-refractivity contribution < 1.29 is 0 Å². The van der Waals surface area contributed by atoms with Gasteiger partial charge in [-0.15, -0.1) is 0 Å². The molecule has 0 aliphatic heterocycles. The first kappa shape index (κ1) is 12.3. The van der Waals surface area contributed by atoms with E-state index in [0.29, 0.717) is 0 Å². The van der Waals surface area contributed by atoms with E-state index in [9.17, 15) is 0 Å². The lowest BCUT2D eigenvalue weighted by molar-refractivity contribution is 0.390. The normalized spacial score (nSPS) is 14.9. The first-order valence-electron chi connectivity index (χ1n) is 6.17. The minimum absolute atomic E-state index is 0.800. The topological polar surface area (TPSA) is 0 Å². The van der Waals surface area contributed by atoms with Crippen LogP contribution in [0.5, 0.6) is 0 Å². The maximum Gasteiger partial charge on any atom is -0.0184 e. The van der Waals surface area contributed by atoms with E-state index in [0.717, 1.165) is 11.8 Å². The van der Waals surface area contributed by atoms with Gasteiger partial charge in [0.15, 0.2) is 0 Å². The summed E-state index contributed by atoms with van der Waals surface area (Å²) in [6, 6.07) is 11.5. The Morgan fingerprint density at radius 1 is 1.13 bits per heavy atom. The molecule has 0 aliphatic rings. The summed E-state index contributed by atoms with van der Waals surface area (Å²) in [6.07, 6.45) is 5.25. The minimum atomic E-state index is 0.800. The molecule has 2 atom stereocenters. The quantitative estimate of drug-likeness (QED) is 0.639. The molecule has 0 saturated heterocycles. The number of hydrogen-bond donors (Lipinski definition) is 0. The third-order valence-corrected chi connectivity index (χ3v) is 2.96. The van der Waals surface area contributed by atoms with Crippen LogP contribution in [0, 0.1) is 17.9 Å². The molecule has 0 aromatic heterocycles. The first-order valence-corrected chi connectivity index (χ1v) is 6.17. The minimum Gasteiger partial charge on any atom is -0.0654 e. The lowest BCUT2D eigenvalue weighted by atomic mass is 9.89. The van der Waals surface area contributed by atoms with Gasteiger partial charge in [-0.2, -0.15) is 0 Å². The van der Waals surface area contributed by atoms with Crippen LogP contribution >= 0.6 is 0 Å². The summed E-state index contributed by atoms with van der Waals surface area (Å²) in [5, 5.41) is 0. The molecule has 1 rings (SSSR count). The van der Waals surface area contributed by atoms with Gasteiger partial charge in [0.05, 0.1) is 0 Å². The second-order valence-corrected chi connectivity index (χ2v) is 4.85. The summed E-state index contributed by atoms with van der Waals surface area (Å²) in [5.74, 6) is 1.68. The SMILES string of the molecule is CCCC(C)CC(C)Cc1cc[c]cc1. The standard InChI is InChI=1S/C15H23/c1-4-8-13(2)11-14(3)12-15-9-6-5-7-10-15/h6-7,9-10,13-14H,4,8,11-12H2,1-3H3. The third kappa shape index (κ3) is 5.01. The molecule has 1 radical (unpaired) electrons. The van der Waals surface area contributed by atoms with Crippen molar-refractivity contribution in [3.8, 4) is 0 Å². The van der Waals surface area contributed by atoms with E-state index in [1.807, 2.05) is 12.1 Å². The van der Waals surface area contributed by atoms with Crippen LogP contribution in [0.2, 0.25) is 0 Å². The molecule has 2 unspecified atom stereocenters. The van der Waals surface area contributed by atoms with Gasteiger partial charge in [0.1, 0.15) is 0 Å². The number of benzene rings is 1. The van der Waals surface area contributed by atoms with Gasteiger partial charge in [-0.3, -0.25) is 0 Å². The molecule has 0 amide bonds. The highest BCUT2D eigenvalue weighted by Crippen LogP contribution is 2.19. The smallest absolute Gasteiger partial charge is 0.0184 e. The van der Waals surface area contributed by atoms with Crippen molar-refractivity contribution in [3.05, 3.63) is 35.9 Å². The summed E-state index contributed by atoms with van der Waals surface area (Å²) in [7, 11) is 0. The van der Waals surface area contributed by atoms with Crippen molar-refractivity contribution in [2.24, 2.45) is 11.8 Å². The van der Waals surface area contributed by atoms with Gasteiger partial charge in [0.2, 0.25) is 0 Å². The maximum absolute atomic E-state index is 3.07. The van der Waals surface area contributed by atoms with Crippen LogP contribution in [-0.2, 0) is 6.42 Å². The molecule has 83 valence electrons. The largest absolute Gasteiger partial charge is 0.0654 e. The lowest BCUT2D eigenvalue weighted by Crippen LogP contribution is -2.06. The molecule has 0 bridgehead atoms. The Morgan fingerprint density at radius 2 is 1.80 bits per heavy atom. The molecular weight excluding hydrogens is 180 g/mol. The Balaban J connectivity index is 2.33. The first-order chi connectivity index (χ1) is 7.22. The van der Waals surface area contributed by atoms with Gasteiger partial charge in [0.25, 0.3) is 0 Å². The van der Waals surface area contributed by atoms with Crippen molar-refractivity contribution >= 4 is 0 Å². The molecule has 0 saturated carbocycles. The fraction of sp³-hybridized carbons (Fsp3) is 0.600. The maximum atomic E-state index is 3.07. The summed E-state index contributed by atoms with van der Waals surface area (Å²) in [4.78, 5) is 0. The lowest BCUT2D eigenvalue weighted by Gasteiger charge is -2.16. The molecule has 15 heavy (non-hydrogen) atoms. The fourth-order valence-electron chi connectivity index (χ4n) is 2.34. The highest BCUT2D eigenvalue weighted by atomic mass is 14.1. The van der Waals surface area contributed by atoms with E-state index < -0.39 is 0 Å². The Morgan fingerprint density at radius 3 is 2.40 bits per heavy atom. The highest BCUT2D eigenvalue weighted by molar-refractivity contribution is 5.14. The summed E-state index contributed by atoms with van der Waals surface area (Å²) in [5.41, 5.74) is 1.45. The number of hydrogen-bond acceptors (Lipinski definition) is 0. The van der Waals surface area contributed by atoms with Crippen molar-refractivity contribution in [1.29, 1.82) is 0 Å². The Bertz CT molecular complexity index is 250. The summed E-state index contributed by atoms with van der Waals surface area (Å²) >= 11 is 0. The third-order valence-electron chi connectivity index (χ3n) is 2.96. The van der Waals surface area contributed by atoms with Crippen molar-refractivity contribution in [3.63, 3.8) is 0 Å². The molecule has 0 fully saturated rings. The Hall–Kier alpha value is -0.780. The molecule has 1 aromatic carbocycles. The van der Waals surface area contributed by atoms with Gasteiger partial charge in [-0.1, -0.05) is 57.9 Å². The highest BCUT2D eigenvalue weighted by Gasteiger charge is 2.08. The van der Waals surface area contributed by atoms with E-state index in [2.05, 4.69) is 39.0 Å². The zero-order chi connectivity index (χ0) is 11.1. The van der Waals surface area contributed by atoms with Crippen LogP contribution in [0.1, 0.15) is 45.6 Å². The Kier molecular flexibility index (Phi) is 5.45. The van der Waals surface area contributed by atoms with Crippen LogP contribution in [0.4, 0.5) is 0 Å². The Labute approximate surface area is 94.7 Å². The van der Waals surface area contributed by atoms with Crippen molar-refractivity contribution in [1.82, 2.24) is 0 Å². The molecule has 0 aliphatic carbocycles. The van der Waals surface area contributed by atoms with Crippen molar-refractivity contribution in [2.75, 3.05) is 0 Å². The molecule has 0 heterocycles. The van der Waals surface area contributed by atoms with E-state index in [1.165, 1.54) is 31.2 Å². The van der Waals surface area contributed by atoms with Gasteiger partial charge in [-0.05, 0) is 36.3 Å². The average Bonchev–Trinajstić information content (AvgIpc) is 2.19. The fourth-order valence-corrected chi connectivity index (χ4v) is 2.34. The predicted octanol–water partition coefficient (Wildman–Crippen LogP) is 4.49. The molecule has 0 N–H and O–H groups in total. The molecule has 1 aromatic rings.